The number of halogens is 4. The van der Waals surface area contributed by atoms with E-state index in [0.717, 1.165) is 49.9 Å². The maximum absolute atomic E-state index is 14.4. The number of carbonyl (C=O) groups is 1. The van der Waals surface area contributed by atoms with Crippen molar-refractivity contribution < 1.29 is 36.9 Å². The van der Waals surface area contributed by atoms with Gasteiger partial charge in [0.05, 0.1) is 6.61 Å². The smallest absolute Gasteiger partial charge is 0.344 e. The fraction of sp³-hybridized carbons (Fsp3) is 0.462. The summed E-state index contributed by atoms with van der Waals surface area (Å²) >= 11 is 0. The van der Waals surface area contributed by atoms with Crippen LogP contribution in [0.2, 0.25) is 0 Å². The molecule has 2 aromatic rings. The normalized spacial score (nSPS) is 10.9. The van der Waals surface area contributed by atoms with Gasteiger partial charge in [0.1, 0.15) is 11.3 Å². The molecule has 0 amide bonds. The average molecular weight is 499 g/mol. The molecule has 35 heavy (non-hydrogen) atoms. The van der Waals surface area contributed by atoms with E-state index in [2.05, 4.69) is 6.92 Å². The Balaban J connectivity index is 1.93. The Morgan fingerprint density at radius 1 is 0.771 bits per heavy atom. The lowest BCUT2D eigenvalue weighted by atomic mass is 10.1. The van der Waals surface area contributed by atoms with Crippen molar-refractivity contribution in [1.29, 1.82) is 0 Å². The zero-order chi connectivity index (χ0) is 25.8. The Bertz CT molecular complexity index is 1030. The molecule has 0 saturated heterocycles. The van der Waals surface area contributed by atoms with Gasteiger partial charge in [0.25, 0.3) is 0 Å². The second-order valence-corrected chi connectivity index (χ2v) is 8.20. The SMILES string of the molecule is CCCCCCCCCCCCOC(=O)c1c(F)c(F)c(Oc2ccc(O)c(=O)cc2)c(F)c1F. The number of esters is 1. The van der Waals surface area contributed by atoms with Gasteiger partial charge in [-0.2, -0.15) is 8.78 Å². The lowest BCUT2D eigenvalue weighted by Gasteiger charge is -2.12. The summed E-state index contributed by atoms with van der Waals surface area (Å²) in [6.07, 6.45) is 10.4. The van der Waals surface area contributed by atoms with Crippen LogP contribution in [-0.4, -0.2) is 17.7 Å². The van der Waals surface area contributed by atoms with Gasteiger partial charge in [0.2, 0.25) is 22.8 Å². The van der Waals surface area contributed by atoms with Crippen molar-refractivity contribution in [3.05, 3.63) is 63.3 Å². The standard InChI is InChI=1S/C26H30F4O5/c1-2-3-4-5-6-7-8-9-10-11-16-34-26(33)20-21(27)23(29)25(24(30)22(20)28)35-17-12-14-18(31)19(32)15-13-17/h12-15H,2-11,16H2,1H3,(H,31,32). The van der Waals surface area contributed by atoms with Crippen LogP contribution in [0, 0.1) is 23.3 Å². The van der Waals surface area contributed by atoms with E-state index in [1.807, 2.05) is 0 Å². The van der Waals surface area contributed by atoms with Crippen LogP contribution in [0.3, 0.4) is 0 Å². The Labute approximate surface area is 201 Å². The minimum absolute atomic E-state index is 0.142. The average Bonchev–Trinajstić information content (AvgIpc) is 3.00. The van der Waals surface area contributed by atoms with Crippen LogP contribution in [0.15, 0.2) is 29.1 Å². The lowest BCUT2D eigenvalue weighted by Crippen LogP contribution is -2.15. The van der Waals surface area contributed by atoms with E-state index >= 15 is 0 Å². The maximum atomic E-state index is 14.4. The first kappa shape index (κ1) is 28.1. The quantitative estimate of drug-likeness (QED) is 0.129. The van der Waals surface area contributed by atoms with Crippen molar-refractivity contribution in [2.24, 2.45) is 0 Å². The summed E-state index contributed by atoms with van der Waals surface area (Å²) in [5, 5.41) is 9.36. The predicted molar refractivity (Wildman–Crippen MR) is 123 cm³/mol. The molecule has 5 nitrogen and oxygen atoms in total. The Hall–Kier alpha value is -3.10. The van der Waals surface area contributed by atoms with Gasteiger partial charge in [-0.3, -0.25) is 4.79 Å². The van der Waals surface area contributed by atoms with E-state index in [4.69, 9.17) is 9.47 Å². The summed E-state index contributed by atoms with van der Waals surface area (Å²) in [4.78, 5) is 23.5. The molecular formula is C26H30F4O5. The Morgan fingerprint density at radius 3 is 1.86 bits per heavy atom. The van der Waals surface area contributed by atoms with Gasteiger partial charge in [0.15, 0.2) is 17.4 Å². The molecule has 9 heteroatoms. The topological polar surface area (TPSA) is 72.8 Å². The van der Waals surface area contributed by atoms with Crippen molar-refractivity contribution in [3.63, 3.8) is 0 Å². The first-order valence-corrected chi connectivity index (χ1v) is 11.8. The highest BCUT2D eigenvalue weighted by Gasteiger charge is 2.31. The minimum atomic E-state index is -1.96. The van der Waals surface area contributed by atoms with Crippen LogP contribution in [0.25, 0.3) is 0 Å². The molecular weight excluding hydrogens is 468 g/mol. The van der Waals surface area contributed by atoms with Crippen molar-refractivity contribution >= 4 is 5.97 Å². The zero-order valence-electron chi connectivity index (χ0n) is 19.7. The largest absolute Gasteiger partial charge is 0.504 e. The second kappa shape index (κ2) is 14.3. The number of hydrogen-bond donors (Lipinski definition) is 1. The van der Waals surface area contributed by atoms with Crippen LogP contribution < -0.4 is 10.2 Å². The molecule has 0 aliphatic rings. The van der Waals surface area contributed by atoms with Crippen LogP contribution in [0.1, 0.15) is 81.5 Å². The van der Waals surface area contributed by atoms with E-state index in [1.165, 1.54) is 32.1 Å². The van der Waals surface area contributed by atoms with E-state index in [-0.39, 0.29) is 12.4 Å². The summed E-state index contributed by atoms with van der Waals surface area (Å²) in [7, 11) is 0. The van der Waals surface area contributed by atoms with Gasteiger partial charge in [-0.1, -0.05) is 64.7 Å². The number of benzene rings is 1. The summed E-state index contributed by atoms with van der Waals surface area (Å²) in [6, 6.07) is 3.65. The molecule has 0 aliphatic carbocycles. The van der Waals surface area contributed by atoms with E-state index < -0.39 is 51.7 Å². The fourth-order valence-electron chi connectivity index (χ4n) is 3.43. The zero-order valence-corrected chi connectivity index (χ0v) is 19.7. The molecule has 0 aromatic heterocycles. The molecule has 1 N–H and O–H groups in total. The van der Waals surface area contributed by atoms with Crippen LogP contribution in [-0.2, 0) is 4.74 Å². The number of aromatic hydroxyl groups is 1. The van der Waals surface area contributed by atoms with Gasteiger partial charge in [-0.15, -0.1) is 0 Å². The number of unbranched alkanes of at least 4 members (excludes halogenated alkanes) is 9. The molecule has 0 unspecified atom stereocenters. The third-order valence-corrected chi connectivity index (χ3v) is 5.44. The highest BCUT2D eigenvalue weighted by atomic mass is 19.2. The molecule has 0 saturated carbocycles. The van der Waals surface area contributed by atoms with Gasteiger partial charge < -0.3 is 14.6 Å². The molecule has 0 radical (unpaired) electrons. The highest BCUT2D eigenvalue weighted by molar-refractivity contribution is 5.90. The third kappa shape index (κ3) is 8.26. The van der Waals surface area contributed by atoms with Crippen LogP contribution >= 0.6 is 0 Å². The molecule has 0 bridgehead atoms. The maximum Gasteiger partial charge on any atom is 0.344 e. The van der Waals surface area contributed by atoms with Crippen molar-refractivity contribution in [2.75, 3.05) is 6.61 Å². The third-order valence-electron chi connectivity index (χ3n) is 5.44. The van der Waals surface area contributed by atoms with Crippen molar-refractivity contribution in [1.82, 2.24) is 0 Å². The van der Waals surface area contributed by atoms with Crippen molar-refractivity contribution in [3.8, 4) is 17.2 Å². The van der Waals surface area contributed by atoms with Gasteiger partial charge in [0, 0.05) is 0 Å². The van der Waals surface area contributed by atoms with Crippen LogP contribution in [0.5, 0.6) is 17.2 Å². The summed E-state index contributed by atoms with van der Waals surface area (Å²) in [6.45, 7) is 2.02. The fourth-order valence-corrected chi connectivity index (χ4v) is 3.43. The summed E-state index contributed by atoms with van der Waals surface area (Å²) < 4.78 is 67.4. The predicted octanol–water partition coefficient (Wildman–Crippen LogP) is 7.18. The summed E-state index contributed by atoms with van der Waals surface area (Å²) in [5.74, 6) is -11.8. The van der Waals surface area contributed by atoms with Gasteiger partial charge >= 0.3 is 5.97 Å². The molecule has 0 atom stereocenters. The van der Waals surface area contributed by atoms with Crippen molar-refractivity contribution in [2.45, 2.75) is 71.1 Å². The number of hydrogen-bond acceptors (Lipinski definition) is 5. The van der Waals surface area contributed by atoms with E-state index in [1.54, 1.807) is 0 Å². The molecule has 192 valence electrons. The second-order valence-electron chi connectivity index (χ2n) is 8.20. The minimum Gasteiger partial charge on any atom is -0.504 e. The number of rotatable bonds is 14. The van der Waals surface area contributed by atoms with E-state index in [9.17, 15) is 32.3 Å². The first-order chi connectivity index (χ1) is 16.8. The Kier molecular flexibility index (Phi) is 11.5. The van der Waals surface area contributed by atoms with Gasteiger partial charge in [-0.25, -0.2) is 13.6 Å². The molecule has 0 aliphatic heterocycles. The van der Waals surface area contributed by atoms with Crippen LogP contribution in [0.4, 0.5) is 17.6 Å². The molecule has 2 aromatic carbocycles. The van der Waals surface area contributed by atoms with Gasteiger partial charge in [-0.05, 0) is 30.7 Å². The lowest BCUT2D eigenvalue weighted by molar-refractivity contribution is 0.0483. The molecule has 2 rings (SSSR count). The molecule has 0 spiro atoms. The summed E-state index contributed by atoms with van der Waals surface area (Å²) in [5.41, 5.74) is -2.30. The first-order valence-electron chi connectivity index (χ1n) is 11.8. The monoisotopic (exact) mass is 498 g/mol. The highest BCUT2D eigenvalue weighted by Crippen LogP contribution is 2.33. The Morgan fingerprint density at radius 2 is 1.29 bits per heavy atom. The number of ether oxygens (including phenoxy) is 2. The molecule has 0 fully saturated rings. The number of carbonyl (C=O) groups excluding carboxylic acids is 1. The molecule has 0 heterocycles. The van der Waals surface area contributed by atoms with E-state index in [0.29, 0.717) is 6.42 Å².